The molecule has 2 unspecified atom stereocenters. The van der Waals surface area contributed by atoms with E-state index in [9.17, 15) is 33.6 Å². The van der Waals surface area contributed by atoms with E-state index in [2.05, 4.69) is 26.1 Å². The average molecular weight is 574 g/mol. The lowest BCUT2D eigenvalue weighted by atomic mass is 9.43. The zero-order valence-electron chi connectivity index (χ0n) is 24.0. The minimum Gasteiger partial charge on any atom is -0.393 e. The van der Waals surface area contributed by atoms with Gasteiger partial charge in [0.05, 0.1) is 36.1 Å². The zero-order chi connectivity index (χ0) is 28.9. The Balaban J connectivity index is 1.39. The highest BCUT2D eigenvalue weighted by molar-refractivity contribution is 7.85. The lowest BCUT2D eigenvalue weighted by molar-refractivity contribution is -0.207. The molecule has 0 radical (unpaired) electrons. The predicted molar refractivity (Wildman–Crippen MR) is 147 cm³/mol. The van der Waals surface area contributed by atoms with E-state index < -0.39 is 46.0 Å². The molecule has 0 spiro atoms. The first kappa shape index (κ1) is 31.2. The molecule has 4 saturated carbocycles. The van der Waals surface area contributed by atoms with Crippen molar-refractivity contribution in [2.45, 2.75) is 110 Å². The number of carbonyl (C=O) groups excluding carboxylic acids is 1. The molecule has 0 aromatic rings. The van der Waals surface area contributed by atoms with Crippen LogP contribution in [-0.2, 0) is 14.9 Å². The van der Waals surface area contributed by atoms with Crippen molar-refractivity contribution in [1.29, 1.82) is 0 Å². The SMILES string of the molecule is CC(C(=O)NCCS(=O)(=O)O)C(O)CC[C@@H](C)[C@H]1CC[C@H]2[C@@H]3[C@H](O)C[C@@H]4C[C@H](O)CC[C@]4(C)[C@H]3C[C@H](O)[C@]12C. The molecule has 10 heteroatoms. The Morgan fingerprint density at radius 1 is 1.00 bits per heavy atom. The maximum absolute atomic E-state index is 12.3. The van der Waals surface area contributed by atoms with Gasteiger partial charge in [-0.3, -0.25) is 9.35 Å². The maximum Gasteiger partial charge on any atom is 0.266 e. The quantitative estimate of drug-likeness (QED) is 0.229. The lowest BCUT2D eigenvalue weighted by Gasteiger charge is -2.63. The van der Waals surface area contributed by atoms with Crippen LogP contribution < -0.4 is 5.32 Å². The number of hydrogen-bond acceptors (Lipinski definition) is 7. The Morgan fingerprint density at radius 2 is 1.69 bits per heavy atom. The van der Waals surface area contributed by atoms with Crippen LogP contribution in [0, 0.1) is 52.3 Å². The molecule has 0 bridgehead atoms. The van der Waals surface area contributed by atoms with Crippen molar-refractivity contribution in [1.82, 2.24) is 5.32 Å². The second kappa shape index (κ2) is 11.5. The number of hydrogen-bond donors (Lipinski definition) is 6. The molecule has 4 fully saturated rings. The number of aliphatic hydroxyl groups is 4. The number of amides is 1. The van der Waals surface area contributed by atoms with E-state index in [1.165, 1.54) is 0 Å². The Hall–Kier alpha value is -0.780. The molecule has 0 aromatic carbocycles. The van der Waals surface area contributed by atoms with E-state index in [-0.39, 0.29) is 53.1 Å². The maximum atomic E-state index is 12.3. The van der Waals surface area contributed by atoms with E-state index in [1.807, 2.05) is 0 Å². The van der Waals surface area contributed by atoms with Crippen LogP contribution in [0.1, 0.15) is 85.5 Å². The molecule has 0 aliphatic heterocycles. The van der Waals surface area contributed by atoms with Gasteiger partial charge in [0.2, 0.25) is 5.91 Å². The molecule has 4 aliphatic rings. The van der Waals surface area contributed by atoms with Gasteiger partial charge >= 0.3 is 0 Å². The van der Waals surface area contributed by atoms with Gasteiger partial charge in [0, 0.05) is 6.54 Å². The Labute approximate surface area is 233 Å². The summed E-state index contributed by atoms with van der Waals surface area (Å²) in [6, 6.07) is 0. The first-order chi connectivity index (χ1) is 18.1. The summed E-state index contributed by atoms with van der Waals surface area (Å²) in [4.78, 5) is 12.3. The third kappa shape index (κ3) is 5.93. The van der Waals surface area contributed by atoms with Crippen molar-refractivity contribution in [2.24, 2.45) is 52.3 Å². The molecule has 1 amide bonds. The number of fused-ring (bicyclic) bond motifs is 5. The Morgan fingerprint density at radius 3 is 2.36 bits per heavy atom. The summed E-state index contributed by atoms with van der Waals surface area (Å²) < 4.78 is 30.6. The fraction of sp³-hybridized carbons (Fsp3) is 0.966. The summed E-state index contributed by atoms with van der Waals surface area (Å²) in [6.45, 7) is 8.11. The number of carbonyl (C=O) groups is 1. The highest BCUT2D eigenvalue weighted by atomic mass is 32.2. The molecule has 6 N–H and O–H groups in total. The van der Waals surface area contributed by atoms with Crippen molar-refractivity contribution in [3.05, 3.63) is 0 Å². The lowest BCUT2D eigenvalue weighted by Crippen LogP contribution is -2.62. The molecule has 39 heavy (non-hydrogen) atoms. The first-order valence-electron chi connectivity index (χ1n) is 15.0. The Bertz CT molecular complexity index is 992. The zero-order valence-corrected chi connectivity index (χ0v) is 24.8. The van der Waals surface area contributed by atoms with E-state index in [0.717, 1.165) is 38.5 Å². The number of rotatable bonds is 9. The molecule has 0 aromatic heterocycles. The minimum atomic E-state index is -4.16. The Kier molecular flexibility index (Phi) is 9.17. The summed E-state index contributed by atoms with van der Waals surface area (Å²) in [7, 11) is -4.16. The fourth-order valence-electron chi connectivity index (χ4n) is 9.66. The normalized spacial score (nSPS) is 44.4. The molecule has 9 nitrogen and oxygen atoms in total. The van der Waals surface area contributed by atoms with Crippen LogP contribution in [0.2, 0.25) is 0 Å². The predicted octanol–water partition coefficient (Wildman–Crippen LogP) is 2.37. The third-order valence-corrected chi connectivity index (χ3v) is 12.8. The fourth-order valence-corrected chi connectivity index (χ4v) is 10.0. The highest BCUT2D eigenvalue weighted by Gasteiger charge is 2.65. The summed E-state index contributed by atoms with van der Waals surface area (Å²) in [5.74, 6) is -0.345. The second-order valence-corrected chi connectivity index (χ2v) is 15.6. The van der Waals surface area contributed by atoms with Crippen LogP contribution >= 0.6 is 0 Å². The smallest absolute Gasteiger partial charge is 0.266 e. The van der Waals surface area contributed by atoms with Crippen molar-refractivity contribution >= 4 is 16.0 Å². The minimum absolute atomic E-state index is 0.0390. The van der Waals surface area contributed by atoms with Gasteiger partial charge in [0.1, 0.15) is 0 Å². The van der Waals surface area contributed by atoms with E-state index in [4.69, 9.17) is 4.55 Å². The summed E-state index contributed by atoms with van der Waals surface area (Å²) in [5, 5.41) is 46.6. The standard InChI is InChI=1S/C29H51NO8S/c1-16(5-8-23(32)17(2)27(35)30-11-12-39(36,37)38)20-6-7-21-26-22(15-25(34)29(20,21)4)28(3)10-9-19(31)13-18(28)14-24(26)33/h16-26,31-34H,5-15H2,1-4H3,(H,30,35)(H,36,37,38)/t16-,17?,18+,19-,20-,21+,22+,23?,24-,25+,26+,28+,29-/m1/s1. The molecule has 4 rings (SSSR count). The van der Waals surface area contributed by atoms with Crippen molar-refractivity contribution in [2.75, 3.05) is 12.3 Å². The average Bonchev–Trinajstić information content (AvgIpc) is 3.21. The van der Waals surface area contributed by atoms with Crippen molar-refractivity contribution in [3.8, 4) is 0 Å². The monoisotopic (exact) mass is 573 g/mol. The molecular weight excluding hydrogens is 522 g/mol. The van der Waals surface area contributed by atoms with Crippen LogP contribution in [0.25, 0.3) is 0 Å². The van der Waals surface area contributed by atoms with Gasteiger partial charge in [0.15, 0.2) is 0 Å². The van der Waals surface area contributed by atoms with Crippen LogP contribution in [-0.4, -0.2) is 76.0 Å². The molecule has 226 valence electrons. The van der Waals surface area contributed by atoms with Crippen LogP contribution in [0.4, 0.5) is 0 Å². The second-order valence-electron chi connectivity index (χ2n) is 14.0. The molecule has 13 atom stereocenters. The third-order valence-electron chi connectivity index (χ3n) is 12.1. The molecule has 4 aliphatic carbocycles. The van der Waals surface area contributed by atoms with Crippen LogP contribution in [0.3, 0.4) is 0 Å². The van der Waals surface area contributed by atoms with E-state index in [1.54, 1.807) is 6.92 Å². The number of nitrogens with one attached hydrogen (secondary N) is 1. The van der Waals surface area contributed by atoms with E-state index >= 15 is 0 Å². The summed E-state index contributed by atoms with van der Waals surface area (Å²) in [6.07, 6.45) is 4.89. The first-order valence-corrected chi connectivity index (χ1v) is 16.7. The van der Waals surface area contributed by atoms with Gasteiger partial charge < -0.3 is 25.7 Å². The van der Waals surface area contributed by atoms with Gasteiger partial charge in [-0.25, -0.2) is 0 Å². The molecule has 0 saturated heterocycles. The van der Waals surface area contributed by atoms with Gasteiger partial charge in [-0.2, -0.15) is 8.42 Å². The van der Waals surface area contributed by atoms with E-state index in [0.29, 0.717) is 25.2 Å². The van der Waals surface area contributed by atoms with Crippen molar-refractivity contribution < 1.29 is 38.2 Å². The summed E-state index contributed by atoms with van der Waals surface area (Å²) >= 11 is 0. The highest BCUT2D eigenvalue weighted by Crippen LogP contribution is 2.68. The van der Waals surface area contributed by atoms with Crippen LogP contribution in [0.5, 0.6) is 0 Å². The van der Waals surface area contributed by atoms with Gasteiger partial charge in [-0.1, -0.05) is 27.7 Å². The van der Waals surface area contributed by atoms with Gasteiger partial charge in [-0.05, 0) is 104 Å². The van der Waals surface area contributed by atoms with Crippen molar-refractivity contribution in [3.63, 3.8) is 0 Å². The van der Waals surface area contributed by atoms with Gasteiger partial charge in [0.25, 0.3) is 10.1 Å². The van der Waals surface area contributed by atoms with Gasteiger partial charge in [-0.15, -0.1) is 0 Å². The number of aliphatic hydroxyl groups excluding tert-OH is 4. The van der Waals surface area contributed by atoms with Crippen LogP contribution in [0.15, 0.2) is 0 Å². The molecular formula is C29H51NO8S. The molecule has 0 heterocycles. The topological polar surface area (TPSA) is 164 Å². The largest absolute Gasteiger partial charge is 0.393 e. The summed E-state index contributed by atoms with van der Waals surface area (Å²) in [5.41, 5.74) is -0.278.